The van der Waals surface area contributed by atoms with Crippen molar-refractivity contribution in [2.75, 3.05) is 27.2 Å². The van der Waals surface area contributed by atoms with E-state index in [2.05, 4.69) is 37.9 Å². The third-order valence-corrected chi connectivity index (χ3v) is 6.02. The second-order valence-electron chi connectivity index (χ2n) is 8.81. The van der Waals surface area contributed by atoms with Crippen molar-refractivity contribution in [3.63, 3.8) is 0 Å². The number of furan rings is 1. The molecule has 7 nitrogen and oxygen atoms in total. The lowest BCUT2D eigenvalue weighted by molar-refractivity contribution is 0.0637. The van der Waals surface area contributed by atoms with Crippen LogP contribution in [0.1, 0.15) is 54.6 Å². The normalized spacial score (nSPS) is 17.5. The molecule has 1 unspecified atom stereocenters. The van der Waals surface area contributed by atoms with E-state index in [1.807, 2.05) is 35.6 Å². The fourth-order valence-electron chi connectivity index (χ4n) is 4.33. The van der Waals surface area contributed by atoms with Gasteiger partial charge in [0, 0.05) is 30.7 Å². The van der Waals surface area contributed by atoms with Gasteiger partial charge in [-0.3, -0.25) is 4.79 Å². The number of likely N-dealkylation sites (tertiary alicyclic amines) is 1. The molecule has 0 aromatic carbocycles. The lowest BCUT2D eigenvalue weighted by atomic mass is 10.0. The van der Waals surface area contributed by atoms with E-state index in [0.29, 0.717) is 11.6 Å². The van der Waals surface area contributed by atoms with Gasteiger partial charge in [-0.05, 0) is 66.8 Å². The fourth-order valence-corrected chi connectivity index (χ4v) is 4.33. The summed E-state index contributed by atoms with van der Waals surface area (Å²) < 4.78 is 7.62. The maximum atomic E-state index is 13.7. The molecular weight excluding hydrogens is 378 g/mol. The molecule has 30 heavy (non-hydrogen) atoms. The van der Waals surface area contributed by atoms with Crippen molar-refractivity contribution in [2.45, 2.75) is 52.6 Å². The maximum Gasteiger partial charge on any atom is 0.254 e. The van der Waals surface area contributed by atoms with Gasteiger partial charge in [-0.1, -0.05) is 0 Å². The van der Waals surface area contributed by atoms with E-state index in [9.17, 15) is 4.79 Å². The highest BCUT2D eigenvalue weighted by molar-refractivity contribution is 6.06. The van der Waals surface area contributed by atoms with E-state index in [4.69, 9.17) is 9.40 Å². The highest BCUT2D eigenvalue weighted by Crippen LogP contribution is 2.31. The Morgan fingerprint density at radius 3 is 2.67 bits per heavy atom. The molecular formula is C23H31N5O2. The Bertz CT molecular complexity index is 1080. The molecule has 0 spiro atoms. The smallest absolute Gasteiger partial charge is 0.254 e. The number of carbonyl (C=O) groups excluding carboxylic acids is 1. The van der Waals surface area contributed by atoms with Crippen molar-refractivity contribution in [1.82, 2.24) is 24.6 Å². The minimum atomic E-state index is 0.0522. The van der Waals surface area contributed by atoms with Crippen molar-refractivity contribution >= 4 is 16.9 Å². The molecule has 7 heteroatoms. The topological polar surface area (TPSA) is 67.4 Å². The number of likely N-dealkylation sites (N-methyl/N-ethyl adjacent to an activating group) is 1. The van der Waals surface area contributed by atoms with Crippen molar-refractivity contribution in [2.24, 2.45) is 0 Å². The number of carbonyl (C=O) groups is 1. The van der Waals surface area contributed by atoms with E-state index in [1.165, 1.54) is 0 Å². The molecule has 4 rings (SSSR count). The second-order valence-corrected chi connectivity index (χ2v) is 8.81. The number of pyridine rings is 1. The van der Waals surface area contributed by atoms with Gasteiger partial charge in [0.1, 0.15) is 11.5 Å². The predicted octanol–water partition coefficient (Wildman–Crippen LogP) is 4.06. The Kier molecular flexibility index (Phi) is 5.40. The molecule has 0 radical (unpaired) electrons. The maximum absolute atomic E-state index is 13.7. The van der Waals surface area contributed by atoms with Crippen LogP contribution in [0.3, 0.4) is 0 Å². The van der Waals surface area contributed by atoms with Gasteiger partial charge in [0.05, 0.1) is 22.8 Å². The van der Waals surface area contributed by atoms with E-state index in [-0.39, 0.29) is 11.9 Å². The third-order valence-electron chi connectivity index (χ3n) is 6.02. The summed E-state index contributed by atoms with van der Waals surface area (Å²) in [5.41, 5.74) is 3.08. The first-order valence-corrected chi connectivity index (χ1v) is 10.7. The van der Waals surface area contributed by atoms with E-state index < -0.39 is 0 Å². The summed E-state index contributed by atoms with van der Waals surface area (Å²) in [6.45, 7) is 9.53. The number of fused-ring (bicyclic) bond motifs is 1. The monoisotopic (exact) mass is 409 g/mol. The molecule has 1 amide bonds. The first-order valence-electron chi connectivity index (χ1n) is 10.7. The minimum absolute atomic E-state index is 0.0522. The van der Waals surface area contributed by atoms with Crippen LogP contribution in [0.2, 0.25) is 0 Å². The van der Waals surface area contributed by atoms with Gasteiger partial charge in [-0.15, -0.1) is 0 Å². The Hall–Kier alpha value is -2.67. The Morgan fingerprint density at radius 2 is 2.03 bits per heavy atom. The standard InChI is InChI=1S/C23H31N5O2/c1-14(2)28-22-20(12-24-28)19(11-21(25-22)18-10-15(3)30-16(18)4)23(29)27-9-7-8-17(13-27)26(5)6/h10-12,14,17H,7-9,13H2,1-6H3. The average molecular weight is 410 g/mol. The SMILES string of the molecule is Cc1cc(-c2cc(C(=O)N3CCCC(N(C)C)C3)c3cnn(C(C)C)c3n2)c(C)o1. The Balaban J connectivity index is 1.84. The molecule has 0 aliphatic carbocycles. The summed E-state index contributed by atoms with van der Waals surface area (Å²) in [5.74, 6) is 1.69. The van der Waals surface area contributed by atoms with Crippen LogP contribution in [-0.4, -0.2) is 63.7 Å². The van der Waals surface area contributed by atoms with Crippen LogP contribution >= 0.6 is 0 Å². The number of piperidine rings is 1. The molecule has 3 aromatic heterocycles. The molecule has 0 N–H and O–H groups in total. The van der Waals surface area contributed by atoms with Crippen molar-refractivity contribution < 1.29 is 9.21 Å². The van der Waals surface area contributed by atoms with Gasteiger partial charge < -0.3 is 14.2 Å². The minimum Gasteiger partial charge on any atom is -0.466 e. The van der Waals surface area contributed by atoms with Gasteiger partial charge in [-0.2, -0.15) is 5.10 Å². The number of hydrogen-bond donors (Lipinski definition) is 0. The zero-order valence-electron chi connectivity index (χ0n) is 18.8. The van der Waals surface area contributed by atoms with Gasteiger partial charge in [-0.25, -0.2) is 9.67 Å². The van der Waals surface area contributed by atoms with E-state index in [1.54, 1.807) is 6.20 Å². The van der Waals surface area contributed by atoms with Crippen LogP contribution in [0.15, 0.2) is 22.7 Å². The van der Waals surface area contributed by atoms with Crippen molar-refractivity contribution in [1.29, 1.82) is 0 Å². The molecule has 3 aromatic rings. The van der Waals surface area contributed by atoms with Crippen LogP contribution in [-0.2, 0) is 0 Å². The van der Waals surface area contributed by atoms with Crippen LogP contribution in [0.4, 0.5) is 0 Å². The first kappa shape index (κ1) is 20.6. The highest BCUT2D eigenvalue weighted by atomic mass is 16.3. The second kappa shape index (κ2) is 7.87. The summed E-state index contributed by atoms with van der Waals surface area (Å²) in [6, 6.07) is 4.43. The predicted molar refractivity (Wildman–Crippen MR) is 118 cm³/mol. The molecule has 160 valence electrons. The summed E-state index contributed by atoms with van der Waals surface area (Å²) >= 11 is 0. The summed E-state index contributed by atoms with van der Waals surface area (Å²) in [6.07, 6.45) is 3.91. The van der Waals surface area contributed by atoms with Gasteiger partial charge >= 0.3 is 0 Å². The molecule has 1 aliphatic rings. The van der Waals surface area contributed by atoms with Gasteiger partial charge in [0.15, 0.2) is 5.65 Å². The number of rotatable bonds is 4. The van der Waals surface area contributed by atoms with E-state index >= 15 is 0 Å². The Morgan fingerprint density at radius 1 is 1.27 bits per heavy atom. The lowest BCUT2D eigenvalue weighted by Gasteiger charge is -2.36. The van der Waals surface area contributed by atoms with Crippen LogP contribution < -0.4 is 0 Å². The molecule has 1 aliphatic heterocycles. The van der Waals surface area contributed by atoms with Gasteiger partial charge in [0.25, 0.3) is 5.91 Å². The van der Waals surface area contributed by atoms with Crippen LogP contribution in [0, 0.1) is 13.8 Å². The third kappa shape index (κ3) is 3.62. The largest absolute Gasteiger partial charge is 0.466 e. The average Bonchev–Trinajstić information content (AvgIpc) is 3.29. The number of aryl methyl sites for hydroxylation is 2. The number of aromatic nitrogens is 3. The zero-order valence-corrected chi connectivity index (χ0v) is 18.8. The van der Waals surface area contributed by atoms with E-state index in [0.717, 1.165) is 59.7 Å². The first-order chi connectivity index (χ1) is 14.3. The van der Waals surface area contributed by atoms with Crippen molar-refractivity contribution in [3.05, 3.63) is 35.4 Å². The zero-order chi connectivity index (χ0) is 21.6. The van der Waals surface area contributed by atoms with Crippen molar-refractivity contribution in [3.8, 4) is 11.3 Å². The molecule has 1 atom stereocenters. The Labute approximate surface area is 177 Å². The van der Waals surface area contributed by atoms with Crippen LogP contribution in [0.5, 0.6) is 0 Å². The number of amides is 1. The van der Waals surface area contributed by atoms with Gasteiger partial charge in [0.2, 0.25) is 0 Å². The molecule has 0 bridgehead atoms. The highest BCUT2D eigenvalue weighted by Gasteiger charge is 2.28. The summed E-state index contributed by atoms with van der Waals surface area (Å²) in [7, 11) is 4.16. The summed E-state index contributed by atoms with van der Waals surface area (Å²) in [4.78, 5) is 22.7. The summed E-state index contributed by atoms with van der Waals surface area (Å²) in [5, 5.41) is 5.35. The van der Waals surface area contributed by atoms with Crippen LogP contribution in [0.25, 0.3) is 22.3 Å². The quantitative estimate of drug-likeness (QED) is 0.650. The lowest BCUT2D eigenvalue weighted by Crippen LogP contribution is -2.47. The number of nitrogens with zero attached hydrogens (tertiary/aromatic N) is 5. The molecule has 4 heterocycles. The molecule has 0 saturated carbocycles. The molecule has 1 saturated heterocycles. The fraction of sp³-hybridized carbons (Fsp3) is 0.522. The molecule has 1 fully saturated rings. The number of hydrogen-bond acceptors (Lipinski definition) is 5.